The zero-order valence-corrected chi connectivity index (χ0v) is 25.3. The Kier molecular flexibility index (Phi) is 10.0. The van der Waals surface area contributed by atoms with Crippen LogP contribution in [0.5, 0.6) is 11.5 Å². The van der Waals surface area contributed by atoms with Gasteiger partial charge >= 0.3 is 0 Å². The Hall–Kier alpha value is -4.87. The highest BCUT2D eigenvalue weighted by Gasteiger charge is 2.31. The molecule has 0 aromatic heterocycles. The van der Waals surface area contributed by atoms with E-state index in [4.69, 9.17) is 4.84 Å². The highest BCUT2D eigenvalue weighted by atomic mass is 32.2. The maximum atomic E-state index is 13.7. The third kappa shape index (κ3) is 7.81. The molecule has 10 nitrogen and oxygen atoms in total. The Bertz CT molecular complexity index is 1680. The SMILES string of the molecule is O=C(NC(Cc1ccc(O)cc1)C(=O)N1CCC(CO)CC1)c1ccc(S(=O)(=O)N(Oc2ccccc2)c2ccccc2)cc1. The van der Waals surface area contributed by atoms with Gasteiger partial charge in [-0.15, -0.1) is 0 Å². The summed E-state index contributed by atoms with van der Waals surface area (Å²) in [5, 5.41) is 22.0. The van der Waals surface area contributed by atoms with Gasteiger partial charge in [-0.25, -0.2) is 0 Å². The normalized spacial score (nSPS) is 14.4. The van der Waals surface area contributed by atoms with Crippen molar-refractivity contribution >= 4 is 27.5 Å². The van der Waals surface area contributed by atoms with E-state index < -0.39 is 22.0 Å². The van der Waals surface area contributed by atoms with Crippen LogP contribution in [0.3, 0.4) is 0 Å². The van der Waals surface area contributed by atoms with Gasteiger partial charge in [0.05, 0.1) is 10.6 Å². The number of aliphatic hydroxyl groups excluding tert-OH is 1. The summed E-state index contributed by atoms with van der Waals surface area (Å²) >= 11 is 0. The van der Waals surface area contributed by atoms with Gasteiger partial charge in [-0.3, -0.25) is 9.59 Å². The summed E-state index contributed by atoms with van der Waals surface area (Å²) in [5.74, 6) is -0.229. The summed E-state index contributed by atoms with van der Waals surface area (Å²) in [6.07, 6.45) is 1.54. The number of amides is 2. The molecule has 11 heteroatoms. The molecule has 45 heavy (non-hydrogen) atoms. The number of piperidine rings is 1. The van der Waals surface area contributed by atoms with E-state index in [2.05, 4.69) is 5.32 Å². The van der Waals surface area contributed by atoms with E-state index in [1.54, 1.807) is 77.7 Å². The van der Waals surface area contributed by atoms with E-state index in [0.717, 1.165) is 10.0 Å². The van der Waals surface area contributed by atoms with E-state index in [1.807, 2.05) is 0 Å². The third-order valence-electron chi connectivity index (χ3n) is 7.70. The van der Waals surface area contributed by atoms with Crippen LogP contribution in [0.4, 0.5) is 5.69 Å². The quantitative estimate of drug-likeness (QED) is 0.212. The summed E-state index contributed by atoms with van der Waals surface area (Å²) in [4.78, 5) is 34.4. The number of carbonyl (C=O) groups is 2. The van der Waals surface area contributed by atoms with Crippen LogP contribution in [0.1, 0.15) is 28.8 Å². The van der Waals surface area contributed by atoms with Gasteiger partial charge in [0.15, 0.2) is 5.75 Å². The van der Waals surface area contributed by atoms with Gasteiger partial charge in [0.25, 0.3) is 15.9 Å². The van der Waals surface area contributed by atoms with Crippen LogP contribution in [-0.2, 0) is 21.2 Å². The predicted molar refractivity (Wildman–Crippen MR) is 169 cm³/mol. The first-order valence-electron chi connectivity index (χ1n) is 14.7. The fraction of sp³-hybridized carbons (Fsp3) is 0.235. The first kappa shape index (κ1) is 31.6. The Balaban J connectivity index is 1.35. The lowest BCUT2D eigenvalue weighted by Gasteiger charge is -2.34. The molecule has 1 atom stereocenters. The highest BCUT2D eigenvalue weighted by molar-refractivity contribution is 7.92. The molecule has 1 saturated heterocycles. The van der Waals surface area contributed by atoms with Gasteiger partial charge in [-0.05, 0) is 85.0 Å². The van der Waals surface area contributed by atoms with Crippen molar-refractivity contribution in [1.29, 1.82) is 0 Å². The molecule has 0 aliphatic carbocycles. The number of phenols is 1. The Morgan fingerprint density at radius 1 is 0.867 bits per heavy atom. The van der Waals surface area contributed by atoms with Gasteiger partial charge in [-0.1, -0.05) is 53.0 Å². The molecule has 4 aromatic carbocycles. The number of anilines is 1. The number of aliphatic hydroxyl groups is 1. The molecule has 1 heterocycles. The number of sulfonamides is 1. The molecule has 0 spiro atoms. The molecule has 3 N–H and O–H groups in total. The van der Waals surface area contributed by atoms with Crippen molar-refractivity contribution in [3.63, 3.8) is 0 Å². The molecule has 1 fully saturated rings. The Morgan fingerprint density at radius 2 is 1.47 bits per heavy atom. The van der Waals surface area contributed by atoms with Crippen LogP contribution in [0.2, 0.25) is 0 Å². The van der Waals surface area contributed by atoms with Crippen LogP contribution in [-0.4, -0.2) is 61.1 Å². The number of hydrogen-bond acceptors (Lipinski definition) is 7. The van der Waals surface area contributed by atoms with Crippen molar-refractivity contribution in [2.75, 3.05) is 24.2 Å². The number of phenolic OH excluding ortho intramolecular Hbond substituents is 1. The third-order valence-corrected chi connectivity index (χ3v) is 9.29. The molecule has 234 valence electrons. The molecular formula is C34H35N3O7S. The summed E-state index contributed by atoms with van der Waals surface area (Å²) in [6, 6.07) is 27.9. The van der Waals surface area contributed by atoms with Crippen molar-refractivity contribution in [3.05, 3.63) is 120 Å². The fourth-order valence-corrected chi connectivity index (χ4v) is 6.36. The van der Waals surface area contributed by atoms with Gasteiger partial charge < -0.3 is 25.3 Å². The van der Waals surface area contributed by atoms with Crippen molar-refractivity contribution in [3.8, 4) is 11.5 Å². The number of likely N-dealkylation sites (tertiary alicyclic amines) is 1. The summed E-state index contributed by atoms with van der Waals surface area (Å²) < 4.78 is 28.3. The molecule has 4 aromatic rings. The molecule has 1 aliphatic heterocycles. The van der Waals surface area contributed by atoms with Gasteiger partial charge in [0.2, 0.25) is 5.91 Å². The number of carbonyl (C=O) groups excluding carboxylic acids is 2. The highest BCUT2D eigenvalue weighted by Crippen LogP contribution is 2.26. The van der Waals surface area contributed by atoms with E-state index >= 15 is 0 Å². The minimum absolute atomic E-state index is 0.0723. The number of para-hydroxylation sites is 2. The number of benzene rings is 4. The van der Waals surface area contributed by atoms with Crippen molar-refractivity contribution in [2.24, 2.45) is 5.92 Å². The molecule has 0 radical (unpaired) electrons. The summed E-state index contributed by atoms with van der Waals surface area (Å²) in [7, 11) is -4.22. The van der Waals surface area contributed by atoms with E-state index in [-0.39, 0.29) is 41.1 Å². The number of nitrogens with zero attached hydrogens (tertiary/aromatic N) is 2. The maximum Gasteiger partial charge on any atom is 0.295 e. The molecule has 0 bridgehead atoms. The largest absolute Gasteiger partial charge is 0.508 e. The van der Waals surface area contributed by atoms with Gasteiger partial charge in [-0.2, -0.15) is 8.42 Å². The topological polar surface area (TPSA) is 136 Å². The van der Waals surface area contributed by atoms with Crippen LogP contribution in [0, 0.1) is 5.92 Å². The average molecular weight is 630 g/mol. The lowest BCUT2D eigenvalue weighted by molar-refractivity contribution is -0.134. The fourth-order valence-electron chi connectivity index (χ4n) is 5.11. The summed E-state index contributed by atoms with van der Waals surface area (Å²) in [5.41, 5.74) is 1.21. The van der Waals surface area contributed by atoms with E-state index in [0.29, 0.717) is 37.4 Å². The van der Waals surface area contributed by atoms with Crippen LogP contribution in [0.15, 0.2) is 114 Å². The zero-order valence-electron chi connectivity index (χ0n) is 24.5. The molecular weight excluding hydrogens is 594 g/mol. The standard InChI is InChI=1S/C34H35N3O7S/c38-24-26-19-21-36(22-20-26)34(41)32(23-25-11-15-29(39)16-12-25)35-33(40)27-13-17-31(18-14-27)45(42,43)37(28-7-3-1-4-8-28)44-30-9-5-2-6-10-30/h1-18,26,32,38-39H,19-24H2,(H,35,40). The van der Waals surface area contributed by atoms with E-state index in [9.17, 15) is 28.2 Å². The van der Waals surface area contributed by atoms with Gasteiger partial charge in [0.1, 0.15) is 11.8 Å². The predicted octanol–water partition coefficient (Wildman–Crippen LogP) is 4.15. The van der Waals surface area contributed by atoms with Crippen molar-refractivity contribution < 1.29 is 33.1 Å². The number of nitrogens with one attached hydrogen (secondary N) is 1. The first-order valence-corrected chi connectivity index (χ1v) is 16.1. The lowest BCUT2D eigenvalue weighted by atomic mass is 9.96. The number of aromatic hydroxyl groups is 1. The second-order valence-electron chi connectivity index (χ2n) is 10.8. The zero-order chi connectivity index (χ0) is 31.8. The minimum Gasteiger partial charge on any atom is -0.508 e. The van der Waals surface area contributed by atoms with E-state index in [1.165, 1.54) is 36.4 Å². The monoisotopic (exact) mass is 629 g/mol. The average Bonchev–Trinajstić information content (AvgIpc) is 3.08. The maximum absolute atomic E-state index is 13.7. The smallest absolute Gasteiger partial charge is 0.295 e. The number of hydrogen-bond donors (Lipinski definition) is 3. The minimum atomic E-state index is -4.22. The van der Waals surface area contributed by atoms with Crippen LogP contribution >= 0.6 is 0 Å². The van der Waals surface area contributed by atoms with Crippen LogP contribution < -0.4 is 14.6 Å². The molecule has 1 unspecified atom stereocenters. The van der Waals surface area contributed by atoms with Gasteiger partial charge in [0, 0.05) is 31.7 Å². The summed E-state index contributed by atoms with van der Waals surface area (Å²) in [6.45, 7) is 1.02. The molecule has 2 amide bonds. The second-order valence-corrected chi connectivity index (χ2v) is 12.6. The van der Waals surface area contributed by atoms with Crippen molar-refractivity contribution in [2.45, 2.75) is 30.2 Å². The lowest BCUT2D eigenvalue weighted by Crippen LogP contribution is -2.51. The first-order chi connectivity index (χ1) is 21.7. The molecule has 1 aliphatic rings. The Labute approximate surface area is 262 Å². The Morgan fingerprint density at radius 3 is 2.07 bits per heavy atom. The number of rotatable bonds is 11. The molecule has 0 saturated carbocycles. The van der Waals surface area contributed by atoms with Crippen LogP contribution in [0.25, 0.3) is 0 Å². The second kappa shape index (κ2) is 14.3. The molecule has 5 rings (SSSR count). The van der Waals surface area contributed by atoms with Crippen molar-refractivity contribution in [1.82, 2.24) is 10.2 Å².